The van der Waals surface area contributed by atoms with Gasteiger partial charge in [0.1, 0.15) is 0 Å². The largest absolute Gasteiger partial charge is 0.412 e. The summed E-state index contributed by atoms with van der Waals surface area (Å²) in [6.07, 6.45) is -2.41. The second-order valence-electron chi connectivity index (χ2n) is 3.01. The lowest BCUT2D eigenvalue weighted by Gasteiger charge is -2.06. The minimum atomic E-state index is -4.14. The number of hydrogen-bond acceptors (Lipinski definition) is 0. The number of hydrogen-bond donors (Lipinski definition) is 0. The van der Waals surface area contributed by atoms with Gasteiger partial charge in [0, 0.05) is 5.57 Å². The normalized spacial score (nSPS) is 14.3. The van der Waals surface area contributed by atoms with Crippen LogP contribution in [-0.4, -0.2) is 6.18 Å². The summed E-state index contributed by atoms with van der Waals surface area (Å²) in [5.74, 6) is 0.285. The van der Waals surface area contributed by atoms with Crippen molar-refractivity contribution in [3.63, 3.8) is 0 Å². The zero-order valence-corrected chi connectivity index (χ0v) is 7.00. The quantitative estimate of drug-likeness (QED) is 0.550. The van der Waals surface area contributed by atoms with Gasteiger partial charge in [0.15, 0.2) is 0 Å². The first-order valence-corrected chi connectivity index (χ1v) is 3.58. The molecule has 0 N–H and O–H groups in total. The maximum Gasteiger partial charge on any atom is 0.412 e. The van der Waals surface area contributed by atoms with Crippen molar-refractivity contribution in [2.75, 3.05) is 0 Å². The first-order chi connectivity index (χ1) is 4.84. The van der Waals surface area contributed by atoms with Gasteiger partial charge >= 0.3 is 6.18 Å². The van der Waals surface area contributed by atoms with E-state index >= 15 is 0 Å². The predicted octanol–water partition coefficient (Wildman–Crippen LogP) is 3.54. The molecule has 0 heterocycles. The molecule has 0 saturated heterocycles. The van der Waals surface area contributed by atoms with Crippen LogP contribution >= 0.6 is 0 Å². The van der Waals surface area contributed by atoms with Crippen LogP contribution in [0.15, 0.2) is 11.6 Å². The van der Waals surface area contributed by atoms with E-state index in [-0.39, 0.29) is 5.92 Å². The van der Waals surface area contributed by atoms with Crippen molar-refractivity contribution in [1.29, 1.82) is 0 Å². The highest BCUT2D eigenvalue weighted by Crippen LogP contribution is 2.25. The van der Waals surface area contributed by atoms with Gasteiger partial charge < -0.3 is 0 Å². The van der Waals surface area contributed by atoms with Crippen molar-refractivity contribution < 1.29 is 13.2 Å². The van der Waals surface area contributed by atoms with Crippen LogP contribution in [0.4, 0.5) is 13.2 Å². The predicted molar refractivity (Wildman–Crippen MR) is 39.3 cm³/mol. The summed E-state index contributed by atoms with van der Waals surface area (Å²) < 4.78 is 35.5. The smallest absolute Gasteiger partial charge is 0.167 e. The Bertz CT molecular complexity index is 142. The lowest BCUT2D eigenvalue weighted by molar-refractivity contribution is -0.0916. The van der Waals surface area contributed by atoms with E-state index in [1.807, 2.05) is 13.8 Å². The highest BCUT2D eigenvalue weighted by atomic mass is 19.4. The van der Waals surface area contributed by atoms with E-state index in [0.29, 0.717) is 6.42 Å². The Morgan fingerprint density at radius 1 is 1.36 bits per heavy atom. The monoisotopic (exact) mass is 166 g/mol. The molecular formula is C8H13F3. The second-order valence-corrected chi connectivity index (χ2v) is 3.01. The minimum Gasteiger partial charge on any atom is -0.167 e. The number of alkyl halides is 3. The SMILES string of the molecule is CC(=CCC(C)C)C(F)(F)F. The van der Waals surface area contributed by atoms with Crippen LogP contribution in [0, 0.1) is 5.92 Å². The highest BCUT2D eigenvalue weighted by molar-refractivity contribution is 5.04. The topological polar surface area (TPSA) is 0 Å². The van der Waals surface area contributed by atoms with Crippen molar-refractivity contribution in [2.45, 2.75) is 33.4 Å². The van der Waals surface area contributed by atoms with E-state index in [2.05, 4.69) is 0 Å². The standard InChI is InChI=1S/C8H13F3/c1-6(2)4-5-7(3)8(9,10)11/h5-6H,4H2,1-3H3. The third-order valence-electron chi connectivity index (χ3n) is 1.34. The molecule has 0 radical (unpaired) electrons. The van der Waals surface area contributed by atoms with Crippen LogP contribution in [0.3, 0.4) is 0 Å². The van der Waals surface area contributed by atoms with Gasteiger partial charge in [-0.3, -0.25) is 0 Å². The molecule has 0 aromatic carbocycles. The van der Waals surface area contributed by atoms with E-state index < -0.39 is 11.7 Å². The van der Waals surface area contributed by atoms with Gasteiger partial charge in [-0.05, 0) is 19.3 Å². The maximum absolute atomic E-state index is 11.8. The minimum absolute atomic E-state index is 0.285. The van der Waals surface area contributed by atoms with Crippen LogP contribution in [0.2, 0.25) is 0 Å². The summed E-state index contributed by atoms with van der Waals surface area (Å²) in [5.41, 5.74) is -0.494. The van der Waals surface area contributed by atoms with Gasteiger partial charge in [-0.25, -0.2) is 0 Å². The van der Waals surface area contributed by atoms with Gasteiger partial charge in [0.2, 0.25) is 0 Å². The van der Waals surface area contributed by atoms with Crippen LogP contribution in [0.5, 0.6) is 0 Å². The molecule has 0 nitrogen and oxygen atoms in total. The van der Waals surface area contributed by atoms with Crippen molar-refractivity contribution in [3.8, 4) is 0 Å². The van der Waals surface area contributed by atoms with Crippen LogP contribution in [0.1, 0.15) is 27.2 Å². The third-order valence-corrected chi connectivity index (χ3v) is 1.34. The fourth-order valence-electron chi connectivity index (χ4n) is 0.528. The molecule has 0 atom stereocenters. The Morgan fingerprint density at radius 2 is 1.82 bits per heavy atom. The second kappa shape index (κ2) is 3.79. The average molecular weight is 166 g/mol. The maximum atomic E-state index is 11.8. The molecule has 0 saturated carbocycles. The van der Waals surface area contributed by atoms with E-state index in [1.54, 1.807) is 0 Å². The number of allylic oxidation sites excluding steroid dienone is 2. The fourth-order valence-corrected chi connectivity index (χ4v) is 0.528. The molecule has 0 aromatic rings. The molecular weight excluding hydrogens is 153 g/mol. The summed E-state index contributed by atoms with van der Waals surface area (Å²) >= 11 is 0. The number of rotatable bonds is 2. The van der Waals surface area contributed by atoms with Gasteiger partial charge in [-0.15, -0.1) is 0 Å². The zero-order chi connectivity index (χ0) is 9.07. The summed E-state index contributed by atoms with van der Waals surface area (Å²) in [6, 6.07) is 0. The summed E-state index contributed by atoms with van der Waals surface area (Å²) in [4.78, 5) is 0. The Hall–Kier alpha value is -0.470. The molecule has 0 fully saturated rings. The van der Waals surface area contributed by atoms with Crippen molar-refractivity contribution in [3.05, 3.63) is 11.6 Å². The molecule has 0 aromatic heterocycles. The lowest BCUT2D eigenvalue weighted by atomic mass is 10.1. The van der Waals surface area contributed by atoms with E-state index in [1.165, 1.54) is 6.08 Å². The van der Waals surface area contributed by atoms with Crippen molar-refractivity contribution >= 4 is 0 Å². The van der Waals surface area contributed by atoms with Gasteiger partial charge in [0.05, 0.1) is 0 Å². The van der Waals surface area contributed by atoms with Crippen LogP contribution < -0.4 is 0 Å². The summed E-state index contributed by atoms with van der Waals surface area (Å²) in [5, 5.41) is 0. The van der Waals surface area contributed by atoms with Crippen LogP contribution in [-0.2, 0) is 0 Å². The number of halogens is 3. The lowest BCUT2D eigenvalue weighted by Crippen LogP contribution is -2.08. The molecule has 0 spiro atoms. The third kappa shape index (κ3) is 4.87. The molecule has 66 valence electrons. The first kappa shape index (κ1) is 10.5. The molecule has 0 aliphatic heterocycles. The van der Waals surface area contributed by atoms with E-state index in [4.69, 9.17) is 0 Å². The molecule has 0 aliphatic carbocycles. The molecule has 0 rings (SSSR count). The zero-order valence-electron chi connectivity index (χ0n) is 7.00. The molecule has 0 unspecified atom stereocenters. The first-order valence-electron chi connectivity index (χ1n) is 3.58. The van der Waals surface area contributed by atoms with Gasteiger partial charge in [-0.2, -0.15) is 13.2 Å². The summed E-state index contributed by atoms with van der Waals surface area (Å²) in [6.45, 7) is 4.88. The average Bonchev–Trinajstić information content (AvgIpc) is 1.80. The Kier molecular flexibility index (Phi) is 3.63. The molecule has 0 bridgehead atoms. The van der Waals surface area contributed by atoms with E-state index in [9.17, 15) is 13.2 Å². The molecule has 0 aliphatic rings. The fraction of sp³-hybridized carbons (Fsp3) is 0.750. The highest BCUT2D eigenvalue weighted by Gasteiger charge is 2.29. The van der Waals surface area contributed by atoms with Gasteiger partial charge in [0.25, 0.3) is 0 Å². The Morgan fingerprint density at radius 3 is 2.09 bits per heavy atom. The van der Waals surface area contributed by atoms with Crippen LogP contribution in [0.25, 0.3) is 0 Å². The van der Waals surface area contributed by atoms with Crippen molar-refractivity contribution in [1.82, 2.24) is 0 Å². The van der Waals surface area contributed by atoms with Crippen molar-refractivity contribution in [2.24, 2.45) is 5.92 Å². The Balaban J connectivity index is 4.02. The molecule has 3 heteroatoms. The molecule has 0 amide bonds. The summed E-state index contributed by atoms with van der Waals surface area (Å²) in [7, 11) is 0. The molecule has 11 heavy (non-hydrogen) atoms. The van der Waals surface area contributed by atoms with Gasteiger partial charge in [-0.1, -0.05) is 19.9 Å². The van der Waals surface area contributed by atoms with E-state index in [0.717, 1.165) is 6.92 Å². The Labute approximate surface area is 65.1 Å².